The van der Waals surface area contributed by atoms with E-state index in [9.17, 15) is 4.79 Å². The van der Waals surface area contributed by atoms with Gasteiger partial charge in [-0.15, -0.1) is 5.06 Å². The van der Waals surface area contributed by atoms with Gasteiger partial charge in [0.15, 0.2) is 0 Å². The summed E-state index contributed by atoms with van der Waals surface area (Å²) in [7, 11) is 0. The van der Waals surface area contributed by atoms with Crippen LogP contribution in [-0.2, 0) is 9.63 Å². The van der Waals surface area contributed by atoms with Crippen molar-refractivity contribution in [2.75, 3.05) is 0 Å². The van der Waals surface area contributed by atoms with Gasteiger partial charge >= 0.3 is 5.97 Å². The molecule has 0 aliphatic heterocycles. The van der Waals surface area contributed by atoms with Gasteiger partial charge in [-0.2, -0.15) is 0 Å². The standard InChI is InChI=1S/C9H19NO2/c1-6-9(11)12-10(7(2)3)8(4)5/h7-8H,6H2,1-5H3. The maximum Gasteiger partial charge on any atom is 0.324 e. The average Bonchev–Trinajstić information content (AvgIpc) is 1.98. The van der Waals surface area contributed by atoms with E-state index in [-0.39, 0.29) is 18.1 Å². The van der Waals surface area contributed by atoms with Crippen LogP contribution in [0.3, 0.4) is 0 Å². The predicted octanol–water partition coefficient (Wildman–Crippen LogP) is 1.97. The summed E-state index contributed by atoms with van der Waals surface area (Å²) in [6, 6.07) is 0.473. The van der Waals surface area contributed by atoms with Crippen molar-refractivity contribution in [2.24, 2.45) is 0 Å². The van der Waals surface area contributed by atoms with E-state index in [1.165, 1.54) is 0 Å². The number of rotatable bonds is 4. The molecule has 0 fully saturated rings. The molecule has 12 heavy (non-hydrogen) atoms. The summed E-state index contributed by atoms with van der Waals surface area (Å²) < 4.78 is 0. The van der Waals surface area contributed by atoms with Crippen LogP contribution in [0.5, 0.6) is 0 Å². The van der Waals surface area contributed by atoms with Gasteiger partial charge in [0.25, 0.3) is 0 Å². The molecule has 3 heteroatoms. The summed E-state index contributed by atoms with van der Waals surface area (Å²) in [5, 5.41) is 1.71. The minimum Gasteiger partial charge on any atom is -0.367 e. The molecule has 0 N–H and O–H groups in total. The van der Waals surface area contributed by atoms with Gasteiger partial charge in [-0.05, 0) is 27.7 Å². The van der Waals surface area contributed by atoms with Crippen molar-refractivity contribution in [3.63, 3.8) is 0 Å². The van der Waals surface area contributed by atoms with E-state index in [2.05, 4.69) is 0 Å². The number of carbonyl (C=O) groups excluding carboxylic acids is 1. The number of hydroxylamine groups is 2. The van der Waals surface area contributed by atoms with Crippen molar-refractivity contribution in [1.29, 1.82) is 0 Å². The Kier molecular flexibility index (Phi) is 4.90. The molecule has 0 aliphatic carbocycles. The second-order valence-electron chi connectivity index (χ2n) is 3.36. The summed E-state index contributed by atoms with van der Waals surface area (Å²) in [5.41, 5.74) is 0. The van der Waals surface area contributed by atoms with E-state index in [4.69, 9.17) is 4.84 Å². The Hall–Kier alpha value is -0.570. The van der Waals surface area contributed by atoms with E-state index < -0.39 is 0 Å². The smallest absolute Gasteiger partial charge is 0.324 e. The van der Waals surface area contributed by atoms with Crippen LogP contribution in [0.4, 0.5) is 0 Å². The van der Waals surface area contributed by atoms with Crippen LogP contribution < -0.4 is 0 Å². The van der Waals surface area contributed by atoms with Gasteiger partial charge in [-0.3, -0.25) is 4.79 Å². The van der Waals surface area contributed by atoms with Crippen molar-refractivity contribution in [1.82, 2.24) is 5.06 Å². The fourth-order valence-electron chi connectivity index (χ4n) is 0.989. The molecular formula is C9H19NO2. The normalized spacial score (nSPS) is 11.3. The largest absolute Gasteiger partial charge is 0.367 e. The quantitative estimate of drug-likeness (QED) is 0.609. The Morgan fingerprint density at radius 3 is 1.92 bits per heavy atom. The molecule has 0 radical (unpaired) electrons. The zero-order valence-corrected chi connectivity index (χ0v) is 8.63. The highest BCUT2D eigenvalue weighted by Gasteiger charge is 2.17. The van der Waals surface area contributed by atoms with Crippen molar-refractivity contribution in [2.45, 2.75) is 53.1 Å². The third-order valence-electron chi connectivity index (χ3n) is 1.51. The molecule has 0 heterocycles. The van der Waals surface area contributed by atoms with Crippen molar-refractivity contribution < 1.29 is 9.63 Å². The first-order chi connectivity index (χ1) is 5.49. The van der Waals surface area contributed by atoms with Crippen LogP contribution >= 0.6 is 0 Å². The van der Waals surface area contributed by atoms with Crippen LogP contribution in [0.2, 0.25) is 0 Å². The first-order valence-electron chi connectivity index (χ1n) is 4.48. The van der Waals surface area contributed by atoms with Crippen LogP contribution in [0.1, 0.15) is 41.0 Å². The first kappa shape index (κ1) is 11.4. The van der Waals surface area contributed by atoms with Crippen molar-refractivity contribution in [3.8, 4) is 0 Å². The molecule has 0 unspecified atom stereocenters. The lowest BCUT2D eigenvalue weighted by Crippen LogP contribution is -2.38. The molecule has 3 nitrogen and oxygen atoms in total. The molecule has 0 spiro atoms. The molecule has 0 aromatic carbocycles. The van der Waals surface area contributed by atoms with Crippen LogP contribution in [0.25, 0.3) is 0 Å². The molecule has 0 aromatic rings. The van der Waals surface area contributed by atoms with Crippen LogP contribution in [-0.4, -0.2) is 23.1 Å². The fourth-order valence-corrected chi connectivity index (χ4v) is 0.989. The molecule has 72 valence electrons. The van der Waals surface area contributed by atoms with Gasteiger partial charge in [0.05, 0.1) is 0 Å². The molecule has 0 amide bonds. The van der Waals surface area contributed by atoms with Gasteiger partial charge in [-0.1, -0.05) is 6.92 Å². The zero-order chi connectivity index (χ0) is 9.72. The summed E-state index contributed by atoms with van der Waals surface area (Å²) in [6.07, 6.45) is 0.427. The highest BCUT2D eigenvalue weighted by Crippen LogP contribution is 2.06. The molecule has 0 aromatic heterocycles. The number of carbonyl (C=O) groups is 1. The highest BCUT2D eigenvalue weighted by molar-refractivity contribution is 5.68. The average molecular weight is 173 g/mol. The molecule has 0 rings (SSSR count). The first-order valence-corrected chi connectivity index (χ1v) is 4.48. The van der Waals surface area contributed by atoms with Crippen LogP contribution in [0.15, 0.2) is 0 Å². The minimum absolute atomic E-state index is 0.169. The monoisotopic (exact) mass is 173 g/mol. The lowest BCUT2D eigenvalue weighted by atomic mass is 10.3. The third kappa shape index (κ3) is 3.72. The van der Waals surface area contributed by atoms with E-state index >= 15 is 0 Å². The highest BCUT2D eigenvalue weighted by atomic mass is 16.7. The van der Waals surface area contributed by atoms with Gasteiger partial charge in [0.1, 0.15) is 0 Å². The van der Waals surface area contributed by atoms with Crippen LogP contribution in [0, 0.1) is 0 Å². The molecule has 0 aliphatic rings. The number of hydrogen-bond donors (Lipinski definition) is 0. The van der Waals surface area contributed by atoms with Crippen molar-refractivity contribution in [3.05, 3.63) is 0 Å². The Balaban J connectivity index is 4.05. The van der Waals surface area contributed by atoms with E-state index in [0.29, 0.717) is 6.42 Å². The van der Waals surface area contributed by atoms with Gasteiger partial charge in [-0.25, -0.2) is 0 Å². The Morgan fingerprint density at radius 1 is 1.25 bits per heavy atom. The number of nitrogens with zero attached hydrogens (tertiary/aromatic N) is 1. The minimum atomic E-state index is -0.169. The van der Waals surface area contributed by atoms with E-state index in [1.54, 1.807) is 12.0 Å². The summed E-state index contributed by atoms with van der Waals surface area (Å²) in [5.74, 6) is -0.169. The number of hydrogen-bond acceptors (Lipinski definition) is 3. The molecular weight excluding hydrogens is 154 g/mol. The van der Waals surface area contributed by atoms with E-state index in [0.717, 1.165) is 0 Å². The Labute approximate surface area is 74.6 Å². The second kappa shape index (κ2) is 5.14. The molecule has 0 saturated heterocycles. The van der Waals surface area contributed by atoms with Crippen molar-refractivity contribution >= 4 is 5.97 Å². The summed E-state index contributed by atoms with van der Waals surface area (Å²) >= 11 is 0. The SMILES string of the molecule is CCC(=O)ON(C(C)C)C(C)C. The molecule has 0 atom stereocenters. The predicted molar refractivity (Wildman–Crippen MR) is 48.5 cm³/mol. The van der Waals surface area contributed by atoms with E-state index in [1.807, 2.05) is 27.7 Å². The fraction of sp³-hybridized carbons (Fsp3) is 0.889. The second-order valence-corrected chi connectivity index (χ2v) is 3.36. The molecule has 0 bridgehead atoms. The summed E-state index contributed by atoms with van der Waals surface area (Å²) in [6.45, 7) is 9.80. The summed E-state index contributed by atoms with van der Waals surface area (Å²) in [4.78, 5) is 16.1. The third-order valence-corrected chi connectivity index (χ3v) is 1.51. The Morgan fingerprint density at radius 2 is 1.67 bits per heavy atom. The lowest BCUT2D eigenvalue weighted by Gasteiger charge is -2.28. The molecule has 0 saturated carbocycles. The topological polar surface area (TPSA) is 29.5 Å². The lowest BCUT2D eigenvalue weighted by molar-refractivity contribution is -0.208. The Bertz CT molecular complexity index is 135. The maximum atomic E-state index is 11.0. The van der Waals surface area contributed by atoms with Gasteiger partial charge < -0.3 is 4.84 Å². The van der Waals surface area contributed by atoms with Gasteiger partial charge in [0, 0.05) is 18.5 Å². The van der Waals surface area contributed by atoms with Gasteiger partial charge in [0.2, 0.25) is 0 Å². The zero-order valence-electron chi connectivity index (χ0n) is 8.63. The maximum absolute atomic E-state index is 11.0.